The molecule has 3 aromatic rings. The number of sulfonamides is 1. The Kier molecular flexibility index (Phi) is 5.16. The number of hydrogen-bond acceptors (Lipinski definition) is 7. The summed E-state index contributed by atoms with van der Waals surface area (Å²) in [5.74, 6) is -0.104. The lowest BCUT2D eigenvalue weighted by Crippen LogP contribution is -2.38. The summed E-state index contributed by atoms with van der Waals surface area (Å²) in [7, 11) is -3.78. The molecule has 1 N–H and O–H groups in total. The number of hydrogen-bond donors (Lipinski definition) is 1. The highest BCUT2D eigenvalue weighted by atomic mass is 32.2. The van der Waals surface area contributed by atoms with Gasteiger partial charge in [-0.2, -0.15) is 9.40 Å². The van der Waals surface area contributed by atoms with Crippen molar-refractivity contribution in [3.8, 4) is 0 Å². The molecule has 0 bridgehead atoms. The number of nitrogens with one attached hydrogen (secondary N) is 1. The van der Waals surface area contributed by atoms with Crippen LogP contribution in [0.1, 0.15) is 28.4 Å². The van der Waals surface area contributed by atoms with Crippen LogP contribution in [0.25, 0.3) is 10.8 Å². The minimum absolute atomic E-state index is 0.0792. The molecule has 158 valence electrons. The first kappa shape index (κ1) is 20.2. The summed E-state index contributed by atoms with van der Waals surface area (Å²) in [6.45, 7) is 4.14. The zero-order valence-corrected chi connectivity index (χ0v) is 17.4. The van der Waals surface area contributed by atoms with Gasteiger partial charge < -0.3 is 9.42 Å². The summed E-state index contributed by atoms with van der Waals surface area (Å²) in [4.78, 5) is 26.7. The number of aromatic nitrogens is 3. The van der Waals surface area contributed by atoms with Gasteiger partial charge in [-0.25, -0.2) is 13.5 Å². The topological polar surface area (TPSA) is 129 Å². The highest BCUT2D eigenvalue weighted by Crippen LogP contribution is 2.24. The maximum atomic E-state index is 13.1. The van der Waals surface area contributed by atoms with Crippen LogP contribution >= 0.6 is 0 Å². The summed E-state index contributed by atoms with van der Waals surface area (Å²) in [6, 6.07) is 6.76. The number of nitrogens with zero attached hydrogens (tertiary/aromatic N) is 4. The summed E-state index contributed by atoms with van der Waals surface area (Å²) in [6.07, 6.45) is 0.468. The Morgan fingerprint density at radius 2 is 1.83 bits per heavy atom. The van der Waals surface area contributed by atoms with E-state index in [9.17, 15) is 18.0 Å². The summed E-state index contributed by atoms with van der Waals surface area (Å²) < 4.78 is 32.5. The molecule has 1 aliphatic rings. The maximum Gasteiger partial charge on any atom is 0.274 e. The third kappa shape index (κ3) is 3.39. The van der Waals surface area contributed by atoms with Crippen molar-refractivity contribution in [3.63, 3.8) is 0 Å². The van der Waals surface area contributed by atoms with Crippen molar-refractivity contribution in [2.45, 2.75) is 25.2 Å². The van der Waals surface area contributed by atoms with Gasteiger partial charge in [0, 0.05) is 31.6 Å². The van der Waals surface area contributed by atoms with Crippen LogP contribution < -0.4 is 5.56 Å². The van der Waals surface area contributed by atoms with Gasteiger partial charge in [0.1, 0.15) is 10.6 Å². The van der Waals surface area contributed by atoms with Crippen LogP contribution in [0.4, 0.5) is 0 Å². The third-order valence-electron chi connectivity index (χ3n) is 5.21. The van der Waals surface area contributed by atoms with E-state index in [1.165, 1.54) is 4.31 Å². The fraction of sp³-hybridized carbons (Fsp3) is 0.368. The molecule has 11 heteroatoms. The first-order valence-electron chi connectivity index (χ1n) is 9.50. The van der Waals surface area contributed by atoms with Crippen molar-refractivity contribution in [2.75, 3.05) is 26.2 Å². The van der Waals surface area contributed by atoms with Gasteiger partial charge in [-0.1, -0.05) is 23.4 Å². The van der Waals surface area contributed by atoms with E-state index in [2.05, 4.69) is 15.4 Å². The Bertz CT molecular complexity index is 1260. The summed E-state index contributed by atoms with van der Waals surface area (Å²) in [5, 5.41) is 10.9. The molecule has 0 atom stereocenters. The number of aryl methyl sites for hydroxylation is 2. The average Bonchev–Trinajstić information content (AvgIpc) is 2.93. The van der Waals surface area contributed by atoms with Gasteiger partial charge in [-0.3, -0.25) is 9.59 Å². The number of amides is 1. The molecule has 0 radical (unpaired) electrons. The third-order valence-corrected chi connectivity index (χ3v) is 7.35. The van der Waals surface area contributed by atoms with Gasteiger partial charge in [0.25, 0.3) is 11.5 Å². The van der Waals surface area contributed by atoms with Crippen LogP contribution in [0.15, 0.2) is 38.5 Å². The minimum Gasteiger partial charge on any atom is -0.360 e. The van der Waals surface area contributed by atoms with E-state index in [-0.39, 0.29) is 47.5 Å². The lowest BCUT2D eigenvalue weighted by Gasteiger charge is -2.22. The second-order valence-corrected chi connectivity index (χ2v) is 9.02. The van der Waals surface area contributed by atoms with Crippen LogP contribution in [0, 0.1) is 13.8 Å². The van der Waals surface area contributed by atoms with E-state index >= 15 is 0 Å². The van der Waals surface area contributed by atoms with Gasteiger partial charge in [0.05, 0.1) is 5.39 Å². The van der Waals surface area contributed by atoms with Crippen LogP contribution in [-0.2, 0) is 10.0 Å². The maximum absolute atomic E-state index is 13.1. The van der Waals surface area contributed by atoms with E-state index < -0.39 is 10.0 Å². The first-order chi connectivity index (χ1) is 14.3. The lowest BCUT2D eigenvalue weighted by molar-refractivity contribution is 0.0759. The van der Waals surface area contributed by atoms with Crippen molar-refractivity contribution in [2.24, 2.45) is 0 Å². The van der Waals surface area contributed by atoms with Crippen molar-refractivity contribution in [1.82, 2.24) is 24.6 Å². The van der Waals surface area contributed by atoms with Gasteiger partial charge in [0.15, 0.2) is 11.5 Å². The van der Waals surface area contributed by atoms with E-state index in [0.29, 0.717) is 29.4 Å². The quantitative estimate of drug-likeness (QED) is 0.656. The SMILES string of the molecule is Cc1noc(C)c1S(=O)(=O)N1CCCN(C(=O)c2n[nH]c(=O)c3ccccc23)CC1. The second-order valence-electron chi connectivity index (χ2n) is 7.15. The predicted molar refractivity (Wildman–Crippen MR) is 108 cm³/mol. The average molecular weight is 431 g/mol. The summed E-state index contributed by atoms with van der Waals surface area (Å²) >= 11 is 0. The molecule has 0 aliphatic carbocycles. The number of fused-ring (bicyclic) bond motifs is 1. The monoisotopic (exact) mass is 431 g/mol. The van der Waals surface area contributed by atoms with E-state index in [1.54, 1.807) is 43.0 Å². The molecular formula is C19H21N5O5S. The van der Waals surface area contributed by atoms with Gasteiger partial charge >= 0.3 is 0 Å². The number of carbonyl (C=O) groups is 1. The molecule has 4 rings (SSSR count). The number of rotatable bonds is 3. The summed E-state index contributed by atoms with van der Waals surface area (Å²) in [5.41, 5.74) is 0.0931. The van der Waals surface area contributed by atoms with Gasteiger partial charge in [-0.05, 0) is 26.3 Å². The molecule has 1 saturated heterocycles. The lowest BCUT2D eigenvalue weighted by atomic mass is 10.1. The molecule has 1 fully saturated rings. The first-order valence-corrected chi connectivity index (χ1v) is 10.9. The molecule has 0 spiro atoms. The molecule has 0 unspecified atom stereocenters. The molecule has 3 heterocycles. The van der Waals surface area contributed by atoms with Crippen molar-refractivity contribution in [1.29, 1.82) is 0 Å². The van der Waals surface area contributed by atoms with Crippen LogP contribution in [0.2, 0.25) is 0 Å². The zero-order valence-electron chi connectivity index (χ0n) is 16.6. The molecule has 0 saturated carbocycles. The zero-order chi connectivity index (χ0) is 21.5. The number of carbonyl (C=O) groups excluding carboxylic acids is 1. The molecule has 1 amide bonds. The minimum atomic E-state index is -3.78. The molecule has 1 aromatic carbocycles. The van der Waals surface area contributed by atoms with Crippen molar-refractivity contribution in [3.05, 3.63) is 51.8 Å². The molecule has 30 heavy (non-hydrogen) atoms. The Morgan fingerprint density at radius 1 is 1.10 bits per heavy atom. The standard InChI is InChI=1S/C19H21N5O5S/c1-12-17(13(2)29-22-12)30(27,28)24-9-5-8-23(10-11-24)19(26)16-14-6-3-4-7-15(14)18(25)21-20-16/h3-4,6-7H,5,8-11H2,1-2H3,(H,21,25). The van der Waals surface area contributed by atoms with Crippen LogP contribution in [0.5, 0.6) is 0 Å². The van der Waals surface area contributed by atoms with Crippen LogP contribution in [-0.4, -0.2) is 65.1 Å². The van der Waals surface area contributed by atoms with Gasteiger partial charge in [-0.15, -0.1) is 0 Å². The number of H-pyrrole nitrogens is 1. The largest absolute Gasteiger partial charge is 0.360 e. The normalized spacial score (nSPS) is 16.0. The van der Waals surface area contributed by atoms with E-state index in [4.69, 9.17) is 4.52 Å². The Labute approximate surface area is 172 Å². The highest BCUT2D eigenvalue weighted by Gasteiger charge is 2.33. The Morgan fingerprint density at radius 3 is 2.53 bits per heavy atom. The van der Waals surface area contributed by atoms with E-state index in [0.717, 1.165) is 0 Å². The fourth-order valence-corrected chi connectivity index (χ4v) is 5.50. The van der Waals surface area contributed by atoms with Gasteiger partial charge in [0.2, 0.25) is 10.0 Å². The van der Waals surface area contributed by atoms with E-state index in [1.807, 2.05) is 0 Å². The van der Waals surface area contributed by atoms with Crippen molar-refractivity contribution >= 4 is 26.7 Å². The number of benzene rings is 1. The molecule has 2 aromatic heterocycles. The van der Waals surface area contributed by atoms with Crippen molar-refractivity contribution < 1.29 is 17.7 Å². The second kappa shape index (κ2) is 7.65. The molecule has 1 aliphatic heterocycles. The Balaban J connectivity index is 1.59. The predicted octanol–water partition coefficient (Wildman–Crippen LogP) is 1.06. The highest BCUT2D eigenvalue weighted by molar-refractivity contribution is 7.89. The number of aromatic amines is 1. The Hall–Kier alpha value is -3.05. The smallest absolute Gasteiger partial charge is 0.274 e. The molecule has 10 nitrogen and oxygen atoms in total. The molecular weight excluding hydrogens is 410 g/mol. The fourth-order valence-electron chi connectivity index (χ4n) is 3.74. The van der Waals surface area contributed by atoms with Crippen LogP contribution in [0.3, 0.4) is 0 Å².